The summed E-state index contributed by atoms with van der Waals surface area (Å²) in [4.78, 5) is 0. The Hall–Kier alpha value is -1.36. The molecule has 5 heteroatoms. The highest BCUT2D eigenvalue weighted by Gasteiger charge is 2.22. The van der Waals surface area contributed by atoms with Crippen molar-refractivity contribution in [3.63, 3.8) is 0 Å². The van der Waals surface area contributed by atoms with Crippen molar-refractivity contribution in [2.45, 2.75) is 38.9 Å². The Bertz CT molecular complexity index is 368. The molecule has 0 saturated carbocycles. The first-order valence-corrected chi connectivity index (χ1v) is 6.01. The van der Waals surface area contributed by atoms with Gasteiger partial charge in [-0.15, -0.1) is 0 Å². The highest BCUT2D eigenvalue weighted by atomic mass is 19.3. The molecule has 0 radical (unpaired) electrons. The Morgan fingerprint density at radius 2 is 1.89 bits per heavy atom. The van der Waals surface area contributed by atoms with Crippen LogP contribution < -0.4 is 10.1 Å². The fraction of sp³-hybridized carbons (Fsp3) is 0.538. The van der Waals surface area contributed by atoms with Crippen molar-refractivity contribution in [2.75, 3.05) is 11.9 Å². The number of alkyl halides is 2. The smallest absolute Gasteiger partial charge is 0.387 e. The van der Waals surface area contributed by atoms with Crippen LogP contribution in [0.5, 0.6) is 5.75 Å². The topological polar surface area (TPSA) is 41.5 Å². The molecule has 1 aromatic carbocycles. The van der Waals surface area contributed by atoms with E-state index in [4.69, 9.17) is 0 Å². The van der Waals surface area contributed by atoms with Crippen molar-refractivity contribution in [3.8, 4) is 5.75 Å². The normalized spacial score (nSPS) is 11.7. The number of para-hydroxylation sites is 2. The van der Waals surface area contributed by atoms with Gasteiger partial charge in [0, 0.05) is 6.54 Å². The third kappa shape index (κ3) is 4.14. The fourth-order valence-corrected chi connectivity index (χ4v) is 1.57. The number of ether oxygens (including phenoxy) is 1. The molecular formula is C13H19F2NO2. The minimum absolute atomic E-state index is 0.0852. The fourth-order valence-electron chi connectivity index (χ4n) is 1.57. The molecule has 0 aromatic heterocycles. The van der Waals surface area contributed by atoms with E-state index in [9.17, 15) is 13.9 Å². The number of halogens is 2. The Kier molecular flexibility index (Phi) is 5.34. The maximum atomic E-state index is 12.2. The minimum atomic E-state index is -2.86. The summed E-state index contributed by atoms with van der Waals surface area (Å²) in [7, 11) is 0. The lowest BCUT2D eigenvalue weighted by atomic mass is 9.97. The molecule has 0 spiro atoms. The second-order valence-corrected chi connectivity index (χ2v) is 4.16. The summed E-state index contributed by atoms with van der Waals surface area (Å²) in [5.74, 6) is 0.0852. The van der Waals surface area contributed by atoms with Crippen molar-refractivity contribution in [1.29, 1.82) is 0 Å². The van der Waals surface area contributed by atoms with Crippen LogP contribution in [0.1, 0.15) is 26.7 Å². The zero-order valence-corrected chi connectivity index (χ0v) is 10.6. The highest BCUT2D eigenvalue weighted by molar-refractivity contribution is 5.56. The summed E-state index contributed by atoms with van der Waals surface area (Å²) >= 11 is 0. The predicted molar refractivity (Wildman–Crippen MR) is 67.1 cm³/mol. The number of hydrogen-bond donors (Lipinski definition) is 2. The maximum absolute atomic E-state index is 12.2. The van der Waals surface area contributed by atoms with Gasteiger partial charge in [0.05, 0.1) is 11.3 Å². The van der Waals surface area contributed by atoms with Crippen LogP contribution in [-0.2, 0) is 0 Å². The maximum Gasteiger partial charge on any atom is 0.387 e. The van der Waals surface area contributed by atoms with E-state index < -0.39 is 12.2 Å². The zero-order valence-electron chi connectivity index (χ0n) is 10.6. The van der Waals surface area contributed by atoms with Crippen LogP contribution in [0, 0.1) is 0 Å². The molecule has 0 amide bonds. The molecule has 0 atom stereocenters. The van der Waals surface area contributed by atoms with E-state index >= 15 is 0 Å². The number of anilines is 1. The Labute approximate surface area is 106 Å². The van der Waals surface area contributed by atoms with Gasteiger partial charge in [0.1, 0.15) is 5.75 Å². The van der Waals surface area contributed by atoms with Gasteiger partial charge in [-0.3, -0.25) is 0 Å². The largest absolute Gasteiger partial charge is 0.433 e. The zero-order chi connectivity index (χ0) is 13.6. The molecule has 1 aromatic rings. The van der Waals surface area contributed by atoms with Gasteiger partial charge in [-0.25, -0.2) is 0 Å². The average molecular weight is 259 g/mol. The lowest BCUT2D eigenvalue weighted by Gasteiger charge is -2.26. The van der Waals surface area contributed by atoms with Gasteiger partial charge in [-0.2, -0.15) is 8.78 Å². The first kappa shape index (κ1) is 14.7. The van der Waals surface area contributed by atoms with Gasteiger partial charge in [-0.05, 0) is 25.0 Å². The summed E-state index contributed by atoms with van der Waals surface area (Å²) in [6.45, 7) is 1.20. The second-order valence-electron chi connectivity index (χ2n) is 4.16. The minimum Gasteiger partial charge on any atom is -0.433 e. The lowest BCUT2D eigenvalue weighted by Crippen LogP contribution is -2.35. The van der Waals surface area contributed by atoms with Crippen LogP contribution in [0.4, 0.5) is 14.5 Å². The molecule has 0 aliphatic rings. The van der Waals surface area contributed by atoms with Crippen LogP contribution in [-0.4, -0.2) is 23.9 Å². The predicted octanol–water partition coefficient (Wildman–Crippen LogP) is 3.25. The number of aliphatic hydroxyl groups is 1. The van der Waals surface area contributed by atoms with Crippen molar-refractivity contribution in [1.82, 2.24) is 0 Å². The Morgan fingerprint density at radius 3 is 2.44 bits per heavy atom. The molecule has 0 fully saturated rings. The number of nitrogens with one attached hydrogen (secondary N) is 1. The van der Waals surface area contributed by atoms with E-state index in [1.165, 1.54) is 6.07 Å². The van der Waals surface area contributed by atoms with Crippen LogP contribution >= 0.6 is 0 Å². The first-order valence-electron chi connectivity index (χ1n) is 6.01. The van der Waals surface area contributed by atoms with E-state index in [0.717, 1.165) is 0 Å². The van der Waals surface area contributed by atoms with Crippen LogP contribution in [0.3, 0.4) is 0 Å². The average Bonchev–Trinajstić information content (AvgIpc) is 2.37. The molecule has 0 aliphatic heterocycles. The van der Waals surface area contributed by atoms with Crippen molar-refractivity contribution in [2.24, 2.45) is 0 Å². The summed E-state index contributed by atoms with van der Waals surface area (Å²) in [6, 6.07) is 6.45. The Balaban J connectivity index is 2.72. The molecule has 102 valence electrons. The van der Waals surface area contributed by atoms with E-state index in [0.29, 0.717) is 25.1 Å². The molecule has 0 aliphatic carbocycles. The number of hydrogen-bond acceptors (Lipinski definition) is 3. The quantitative estimate of drug-likeness (QED) is 0.789. The van der Waals surface area contributed by atoms with Gasteiger partial charge < -0.3 is 15.2 Å². The summed E-state index contributed by atoms with van der Waals surface area (Å²) in [5, 5.41) is 13.1. The van der Waals surface area contributed by atoms with Crippen LogP contribution in [0.25, 0.3) is 0 Å². The summed E-state index contributed by atoms with van der Waals surface area (Å²) < 4.78 is 28.8. The van der Waals surface area contributed by atoms with Gasteiger partial charge in [0.25, 0.3) is 0 Å². The molecule has 2 N–H and O–H groups in total. The van der Waals surface area contributed by atoms with E-state index in [2.05, 4.69) is 10.1 Å². The molecule has 0 saturated heterocycles. The molecule has 0 heterocycles. The molecule has 18 heavy (non-hydrogen) atoms. The summed E-state index contributed by atoms with van der Waals surface area (Å²) in [6.07, 6.45) is 1.18. The van der Waals surface area contributed by atoms with Gasteiger partial charge in [0.2, 0.25) is 0 Å². The SMILES string of the molecule is CCC(O)(CC)CNc1ccccc1OC(F)F. The molecule has 3 nitrogen and oxygen atoms in total. The summed E-state index contributed by atoms with van der Waals surface area (Å²) in [5.41, 5.74) is -0.379. The van der Waals surface area contributed by atoms with Crippen LogP contribution in [0.2, 0.25) is 0 Å². The standard InChI is InChI=1S/C13H19F2NO2/c1-3-13(17,4-2)9-16-10-7-5-6-8-11(10)18-12(14)15/h5-8,12,16-17H,3-4,9H2,1-2H3. The molecule has 0 bridgehead atoms. The lowest BCUT2D eigenvalue weighted by molar-refractivity contribution is -0.0494. The molecule has 0 unspecified atom stereocenters. The van der Waals surface area contributed by atoms with Gasteiger partial charge >= 0.3 is 6.61 Å². The third-order valence-electron chi connectivity index (χ3n) is 3.03. The monoisotopic (exact) mass is 259 g/mol. The van der Waals surface area contributed by atoms with Gasteiger partial charge in [0.15, 0.2) is 0 Å². The van der Waals surface area contributed by atoms with E-state index in [1.807, 2.05) is 13.8 Å². The third-order valence-corrected chi connectivity index (χ3v) is 3.03. The number of rotatable bonds is 7. The molecular weight excluding hydrogens is 240 g/mol. The first-order chi connectivity index (χ1) is 8.50. The number of benzene rings is 1. The molecule has 1 rings (SSSR count). The highest BCUT2D eigenvalue weighted by Crippen LogP contribution is 2.26. The van der Waals surface area contributed by atoms with Gasteiger partial charge in [-0.1, -0.05) is 26.0 Å². The van der Waals surface area contributed by atoms with Crippen molar-refractivity contribution in [3.05, 3.63) is 24.3 Å². The van der Waals surface area contributed by atoms with E-state index in [-0.39, 0.29) is 5.75 Å². The van der Waals surface area contributed by atoms with E-state index in [1.54, 1.807) is 18.2 Å². The second kappa shape index (κ2) is 6.54. The van der Waals surface area contributed by atoms with Crippen molar-refractivity contribution >= 4 is 5.69 Å². The van der Waals surface area contributed by atoms with Crippen molar-refractivity contribution < 1.29 is 18.6 Å². The Morgan fingerprint density at radius 1 is 1.28 bits per heavy atom. The van der Waals surface area contributed by atoms with Crippen LogP contribution in [0.15, 0.2) is 24.3 Å².